The molecule has 4 aromatic rings. The Hall–Kier alpha value is -3.63. The van der Waals surface area contributed by atoms with Gasteiger partial charge in [-0.25, -0.2) is 4.39 Å². The summed E-state index contributed by atoms with van der Waals surface area (Å²) in [5.41, 5.74) is 4.04. The van der Waals surface area contributed by atoms with Crippen molar-refractivity contribution in [2.45, 2.75) is 37.8 Å². The molecule has 0 radical (unpaired) electrons. The maximum absolute atomic E-state index is 14.0. The lowest BCUT2D eigenvalue weighted by molar-refractivity contribution is -0.479. The largest absolute Gasteiger partial charge is 0.493 e. The molecule has 8 nitrogen and oxygen atoms in total. The number of aromatic nitrogens is 3. The van der Waals surface area contributed by atoms with Crippen molar-refractivity contribution >= 4 is 23.4 Å². The summed E-state index contributed by atoms with van der Waals surface area (Å²) in [6.07, 6.45) is 0. The van der Waals surface area contributed by atoms with Crippen molar-refractivity contribution < 1.29 is 18.8 Å². The average Bonchev–Trinajstić information content (AvgIpc) is 3.24. The maximum atomic E-state index is 14.0. The predicted octanol–water partition coefficient (Wildman–Crippen LogP) is 6.68. The third-order valence-electron chi connectivity index (χ3n) is 6.06. The van der Waals surface area contributed by atoms with E-state index in [1.54, 1.807) is 30.3 Å². The Kier molecular flexibility index (Phi) is 8.53. The van der Waals surface area contributed by atoms with Crippen LogP contribution in [0, 0.1) is 36.7 Å². The van der Waals surface area contributed by atoms with Crippen LogP contribution in [0.15, 0.2) is 59.8 Å². The van der Waals surface area contributed by atoms with Gasteiger partial charge in [0.15, 0.2) is 16.7 Å². The number of benzene rings is 3. The minimum atomic E-state index is -0.661. The molecular weight excluding hydrogens is 531 g/mol. The molecule has 0 N–H and O–H groups in total. The van der Waals surface area contributed by atoms with Gasteiger partial charge in [-0.2, -0.15) is 0 Å². The Bertz CT molecular complexity index is 1480. The maximum Gasteiger partial charge on any atom is 0.220 e. The molecule has 0 saturated carbocycles. The number of halogens is 2. The van der Waals surface area contributed by atoms with E-state index in [-0.39, 0.29) is 28.1 Å². The van der Waals surface area contributed by atoms with Crippen molar-refractivity contribution in [3.63, 3.8) is 0 Å². The van der Waals surface area contributed by atoms with Gasteiger partial charge in [-0.15, -0.1) is 10.2 Å². The fourth-order valence-electron chi connectivity index (χ4n) is 3.89. The molecule has 0 aliphatic carbocycles. The highest BCUT2D eigenvalue weighted by Gasteiger charge is 2.26. The highest BCUT2D eigenvalue weighted by molar-refractivity contribution is 7.99. The van der Waals surface area contributed by atoms with Gasteiger partial charge < -0.3 is 9.47 Å². The molecule has 1 atom stereocenters. The van der Waals surface area contributed by atoms with E-state index in [0.717, 1.165) is 16.8 Å². The van der Waals surface area contributed by atoms with Gasteiger partial charge in [0, 0.05) is 16.2 Å². The SMILES string of the molecule is COc1cc([C@@H](C[N+](=O)[O-])Sc2nnc(C)n2-c2ccc(C)c(C)c2)cc(Cl)c1OCc1ccccc1F. The number of aryl methyl sites for hydroxylation is 3. The molecule has 3 aromatic carbocycles. The number of nitrogens with zero attached hydrogens (tertiary/aromatic N) is 4. The molecule has 0 saturated heterocycles. The molecule has 0 aliphatic heterocycles. The molecule has 1 aromatic heterocycles. The Morgan fingerprint density at radius 3 is 2.55 bits per heavy atom. The lowest BCUT2D eigenvalue weighted by atomic mass is 10.1. The van der Waals surface area contributed by atoms with E-state index in [1.165, 1.54) is 24.9 Å². The molecule has 0 fully saturated rings. The first-order valence-electron chi connectivity index (χ1n) is 11.7. The van der Waals surface area contributed by atoms with Gasteiger partial charge in [0.1, 0.15) is 23.5 Å². The van der Waals surface area contributed by atoms with Crippen molar-refractivity contribution in [1.29, 1.82) is 0 Å². The standard InChI is InChI=1S/C27H26ClFN4O4S/c1-16-9-10-21(11-17(16)2)33-18(3)30-31-27(33)38-25(14-32(34)35)20-12-22(28)26(24(13-20)36-4)37-15-19-7-5-6-8-23(19)29/h5-13,25H,14-15H2,1-4H3/t25-/m1/s1. The lowest BCUT2D eigenvalue weighted by Gasteiger charge is -2.18. The van der Waals surface area contributed by atoms with Gasteiger partial charge in [-0.3, -0.25) is 14.7 Å². The van der Waals surface area contributed by atoms with Crippen molar-refractivity contribution in [2.75, 3.05) is 13.7 Å². The average molecular weight is 557 g/mol. The summed E-state index contributed by atoms with van der Waals surface area (Å²) < 4.78 is 27.2. The Morgan fingerprint density at radius 2 is 1.87 bits per heavy atom. The van der Waals surface area contributed by atoms with E-state index in [1.807, 2.05) is 43.5 Å². The molecule has 0 amide bonds. The van der Waals surface area contributed by atoms with E-state index < -0.39 is 17.6 Å². The van der Waals surface area contributed by atoms with Crippen molar-refractivity contribution in [1.82, 2.24) is 14.8 Å². The number of hydrogen-bond acceptors (Lipinski definition) is 7. The van der Waals surface area contributed by atoms with Crippen LogP contribution in [0.5, 0.6) is 11.5 Å². The van der Waals surface area contributed by atoms with Crippen LogP contribution >= 0.6 is 23.4 Å². The number of ether oxygens (including phenoxy) is 2. The smallest absolute Gasteiger partial charge is 0.220 e. The molecule has 0 unspecified atom stereocenters. The van der Waals surface area contributed by atoms with Crippen molar-refractivity contribution in [3.05, 3.63) is 104 Å². The molecule has 0 bridgehead atoms. The zero-order valence-electron chi connectivity index (χ0n) is 21.3. The molecule has 0 spiro atoms. The number of nitro groups is 1. The summed E-state index contributed by atoms with van der Waals surface area (Å²) in [5, 5.41) is 20.2. The second kappa shape index (κ2) is 11.8. The topological polar surface area (TPSA) is 92.3 Å². The van der Waals surface area contributed by atoms with Crippen LogP contribution in [0.25, 0.3) is 5.69 Å². The quantitative estimate of drug-likeness (QED) is 0.122. The van der Waals surface area contributed by atoms with E-state index in [4.69, 9.17) is 21.1 Å². The first-order valence-corrected chi connectivity index (χ1v) is 13.0. The number of methoxy groups -OCH3 is 1. The summed E-state index contributed by atoms with van der Waals surface area (Å²) in [4.78, 5) is 11.3. The van der Waals surface area contributed by atoms with Gasteiger partial charge in [0.05, 0.1) is 12.1 Å². The third-order valence-corrected chi connectivity index (χ3v) is 7.52. The molecule has 198 valence electrons. The highest BCUT2D eigenvalue weighted by Crippen LogP contribution is 2.43. The lowest BCUT2D eigenvalue weighted by Crippen LogP contribution is -2.12. The van der Waals surface area contributed by atoms with Gasteiger partial charge in [0.2, 0.25) is 6.54 Å². The number of thioether (sulfide) groups is 1. The van der Waals surface area contributed by atoms with Gasteiger partial charge in [-0.1, -0.05) is 47.6 Å². The molecule has 11 heteroatoms. The van der Waals surface area contributed by atoms with Gasteiger partial charge in [-0.05, 0) is 67.8 Å². The van der Waals surface area contributed by atoms with Crippen LogP contribution in [0.2, 0.25) is 5.02 Å². The Labute approximate surface area is 228 Å². The Balaban J connectivity index is 1.67. The zero-order valence-corrected chi connectivity index (χ0v) is 22.8. The molecule has 0 aliphatic rings. The zero-order chi connectivity index (χ0) is 27.4. The first-order chi connectivity index (χ1) is 18.2. The van der Waals surface area contributed by atoms with Crippen molar-refractivity contribution in [2.24, 2.45) is 0 Å². The van der Waals surface area contributed by atoms with Crippen LogP contribution in [0.3, 0.4) is 0 Å². The summed E-state index contributed by atoms with van der Waals surface area (Å²) in [5.74, 6) is 0.762. The Morgan fingerprint density at radius 1 is 1.11 bits per heavy atom. The minimum absolute atomic E-state index is 0.0620. The summed E-state index contributed by atoms with van der Waals surface area (Å²) in [6, 6.07) is 15.5. The number of rotatable bonds is 10. The van der Waals surface area contributed by atoms with Crippen LogP contribution < -0.4 is 9.47 Å². The third kappa shape index (κ3) is 6.08. The van der Waals surface area contributed by atoms with Crippen LogP contribution in [-0.2, 0) is 6.61 Å². The van der Waals surface area contributed by atoms with E-state index >= 15 is 0 Å². The van der Waals surface area contributed by atoms with Gasteiger partial charge >= 0.3 is 0 Å². The summed E-state index contributed by atoms with van der Waals surface area (Å²) in [7, 11) is 1.45. The summed E-state index contributed by atoms with van der Waals surface area (Å²) in [6.45, 7) is 5.43. The van der Waals surface area contributed by atoms with Gasteiger partial charge in [0.25, 0.3) is 0 Å². The van der Waals surface area contributed by atoms with Crippen LogP contribution in [-0.4, -0.2) is 33.3 Å². The monoisotopic (exact) mass is 556 g/mol. The molecular formula is C27H26ClFN4O4S. The fraction of sp³-hybridized carbons (Fsp3) is 0.259. The first kappa shape index (κ1) is 27.4. The summed E-state index contributed by atoms with van der Waals surface area (Å²) >= 11 is 7.77. The van der Waals surface area contributed by atoms with Crippen LogP contribution in [0.4, 0.5) is 4.39 Å². The second-order valence-corrected chi connectivity index (χ2v) is 10.2. The van der Waals surface area contributed by atoms with E-state index in [0.29, 0.717) is 22.1 Å². The van der Waals surface area contributed by atoms with E-state index in [2.05, 4.69) is 10.2 Å². The second-order valence-electron chi connectivity index (χ2n) is 8.67. The fourth-order valence-corrected chi connectivity index (χ4v) is 5.31. The molecule has 1 heterocycles. The molecule has 38 heavy (non-hydrogen) atoms. The van der Waals surface area contributed by atoms with Crippen LogP contribution in [0.1, 0.15) is 33.3 Å². The predicted molar refractivity (Wildman–Crippen MR) is 145 cm³/mol. The number of hydrogen-bond donors (Lipinski definition) is 0. The highest BCUT2D eigenvalue weighted by atomic mass is 35.5. The normalized spacial score (nSPS) is 11.8. The minimum Gasteiger partial charge on any atom is -0.493 e. The van der Waals surface area contributed by atoms with Crippen molar-refractivity contribution in [3.8, 4) is 17.2 Å². The van der Waals surface area contributed by atoms with E-state index in [9.17, 15) is 14.5 Å². The molecule has 4 rings (SSSR count).